The first-order valence-corrected chi connectivity index (χ1v) is 10.7. The molecule has 2 aromatic carbocycles. The van der Waals surface area contributed by atoms with Crippen molar-refractivity contribution >= 4 is 52.4 Å². The zero-order valence-corrected chi connectivity index (χ0v) is 18.4. The second-order valence-electron chi connectivity index (χ2n) is 6.76. The highest BCUT2D eigenvalue weighted by molar-refractivity contribution is 8.18. The normalized spacial score (nSPS) is 16.4. The highest BCUT2D eigenvalue weighted by Gasteiger charge is 2.34. The van der Waals surface area contributed by atoms with Gasteiger partial charge < -0.3 is 9.52 Å². The Morgan fingerprint density at radius 1 is 1.21 bits per heavy atom. The summed E-state index contributed by atoms with van der Waals surface area (Å²) in [5.41, 5.74) is 0.975. The highest BCUT2D eigenvalue weighted by atomic mass is 35.5. The largest absolute Gasteiger partial charge is 0.507 e. The lowest BCUT2D eigenvalue weighted by Gasteiger charge is -2.12. The molecule has 1 aromatic heterocycles. The molecule has 1 fully saturated rings. The number of nitro benzene ring substituents is 1. The minimum atomic E-state index is -0.486. The van der Waals surface area contributed by atoms with Crippen molar-refractivity contribution in [2.75, 3.05) is 0 Å². The molecule has 9 nitrogen and oxygen atoms in total. The van der Waals surface area contributed by atoms with Crippen molar-refractivity contribution in [1.82, 2.24) is 4.90 Å². The maximum Gasteiger partial charge on any atom is 0.269 e. The van der Waals surface area contributed by atoms with Crippen molar-refractivity contribution in [3.63, 3.8) is 0 Å². The van der Waals surface area contributed by atoms with Gasteiger partial charge in [0.15, 0.2) is 5.17 Å². The SMILES string of the molecule is O=C1/C(=C/c2cc(Cl)ccc2O)S/C(=N\N=C\c2ccc([N+](=O)[O-])cc2)N1Cc1ccco1. The molecule has 0 unspecified atom stereocenters. The molecule has 166 valence electrons. The second kappa shape index (κ2) is 9.72. The molecule has 0 aliphatic carbocycles. The van der Waals surface area contributed by atoms with Gasteiger partial charge >= 0.3 is 0 Å². The number of nitrogens with zero attached hydrogens (tertiary/aromatic N) is 4. The predicted octanol–water partition coefficient (Wildman–Crippen LogP) is 5.05. The Morgan fingerprint density at radius 2 is 2.00 bits per heavy atom. The number of hydrogen-bond donors (Lipinski definition) is 1. The molecule has 0 radical (unpaired) electrons. The van der Waals surface area contributed by atoms with Gasteiger partial charge in [-0.3, -0.25) is 19.8 Å². The van der Waals surface area contributed by atoms with E-state index in [1.165, 1.54) is 41.7 Å². The Balaban J connectivity index is 1.62. The Kier molecular flexibility index (Phi) is 6.57. The van der Waals surface area contributed by atoms with Crippen molar-refractivity contribution in [1.29, 1.82) is 0 Å². The van der Waals surface area contributed by atoms with Crippen LogP contribution < -0.4 is 0 Å². The van der Waals surface area contributed by atoms with Gasteiger partial charge in [0, 0.05) is 22.7 Å². The Morgan fingerprint density at radius 3 is 2.70 bits per heavy atom. The van der Waals surface area contributed by atoms with E-state index in [9.17, 15) is 20.0 Å². The molecule has 0 atom stereocenters. The van der Waals surface area contributed by atoms with Crippen molar-refractivity contribution < 1.29 is 19.2 Å². The lowest BCUT2D eigenvalue weighted by atomic mass is 10.2. The van der Waals surface area contributed by atoms with Crippen molar-refractivity contribution in [2.24, 2.45) is 10.2 Å². The van der Waals surface area contributed by atoms with E-state index < -0.39 is 4.92 Å². The van der Waals surface area contributed by atoms with Gasteiger partial charge in [0.2, 0.25) is 0 Å². The fourth-order valence-corrected chi connectivity index (χ4v) is 4.00. The van der Waals surface area contributed by atoms with Crippen LogP contribution in [0.25, 0.3) is 6.08 Å². The molecule has 0 spiro atoms. The Bertz CT molecular complexity index is 1290. The zero-order valence-electron chi connectivity index (χ0n) is 16.8. The summed E-state index contributed by atoms with van der Waals surface area (Å²) in [5, 5.41) is 29.8. The summed E-state index contributed by atoms with van der Waals surface area (Å²) in [5.74, 6) is 0.211. The van der Waals surface area contributed by atoms with Crippen LogP contribution in [0.5, 0.6) is 5.75 Å². The van der Waals surface area contributed by atoms with Gasteiger partial charge in [-0.15, -0.1) is 5.10 Å². The number of hydrogen-bond acceptors (Lipinski definition) is 8. The molecular weight excluding hydrogens is 468 g/mol. The van der Waals surface area contributed by atoms with Gasteiger partial charge in [0.05, 0.1) is 28.9 Å². The molecule has 1 saturated heterocycles. The maximum absolute atomic E-state index is 13.1. The summed E-state index contributed by atoms with van der Waals surface area (Å²) in [6.07, 6.45) is 4.47. The standard InChI is InChI=1S/C22H15ClN4O5S/c23-16-5-8-19(28)15(10-16)11-20-21(29)26(13-18-2-1-9-32-18)22(33-20)25-24-12-14-3-6-17(7-4-14)27(30)31/h1-12,28H,13H2/b20-11-,24-12+,25-22-. The smallest absolute Gasteiger partial charge is 0.269 e. The van der Waals surface area contributed by atoms with Crippen molar-refractivity contribution in [2.45, 2.75) is 6.54 Å². The first-order valence-electron chi connectivity index (χ1n) is 9.48. The molecule has 33 heavy (non-hydrogen) atoms. The first-order chi connectivity index (χ1) is 15.9. The van der Waals surface area contributed by atoms with E-state index in [4.69, 9.17) is 16.0 Å². The third-order valence-corrected chi connectivity index (χ3v) is 5.74. The average Bonchev–Trinajstić information content (AvgIpc) is 3.41. The molecule has 0 bridgehead atoms. The van der Waals surface area contributed by atoms with E-state index in [-0.39, 0.29) is 23.9 Å². The van der Waals surface area contributed by atoms with Gasteiger partial charge in [-0.05, 0) is 65.9 Å². The number of carbonyl (C=O) groups excluding carboxylic acids is 1. The third-order valence-electron chi connectivity index (χ3n) is 4.51. The number of phenolic OH excluding ortho intramolecular Hbond substituents is 1. The van der Waals surface area contributed by atoms with Crippen LogP contribution >= 0.6 is 23.4 Å². The summed E-state index contributed by atoms with van der Waals surface area (Å²) in [6, 6.07) is 13.8. The van der Waals surface area contributed by atoms with Gasteiger partial charge in [0.25, 0.3) is 11.6 Å². The Labute approximate surface area is 196 Å². The van der Waals surface area contributed by atoms with E-state index in [0.29, 0.717) is 32.0 Å². The van der Waals surface area contributed by atoms with E-state index in [1.54, 1.807) is 36.4 Å². The number of carbonyl (C=O) groups is 1. The van der Waals surface area contributed by atoms with Gasteiger partial charge in [0.1, 0.15) is 11.5 Å². The van der Waals surface area contributed by atoms with Gasteiger partial charge in [-0.1, -0.05) is 11.6 Å². The fraction of sp³-hybridized carbons (Fsp3) is 0.0455. The molecule has 1 aliphatic heterocycles. The van der Waals surface area contributed by atoms with Crippen LogP contribution in [0.4, 0.5) is 5.69 Å². The molecular formula is C22H15ClN4O5S. The Hall–Kier alpha value is -3.89. The zero-order chi connectivity index (χ0) is 23.4. The summed E-state index contributed by atoms with van der Waals surface area (Å²) in [6.45, 7) is 0.142. The van der Waals surface area contributed by atoms with Crippen molar-refractivity contribution in [3.05, 3.63) is 97.8 Å². The minimum Gasteiger partial charge on any atom is -0.507 e. The van der Waals surface area contributed by atoms with Crippen LogP contribution in [-0.2, 0) is 11.3 Å². The molecule has 11 heteroatoms. The minimum absolute atomic E-state index is 0.0144. The van der Waals surface area contributed by atoms with E-state index in [0.717, 1.165) is 11.8 Å². The number of aromatic hydroxyl groups is 1. The summed E-state index contributed by atoms with van der Waals surface area (Å²) in [4.78, 5) is 25.1. The number of nitro groups is 1. The molecule has 2 heterocycles. The number of amidine groups is 1. The van der Waals surface area contributed by atoms with Gasteiger partial charge in [-0.25, -0.2) is 0 Å². The van der Waals surface area contributed by atoms with Crippen LogP contribution in [0.3, 0.4) is 0 Å². The highest BCUT2D eigenvalue weighted by Crippen LogP contribution is 2.35. The number of benzene rings is 2. The topological polar surface area (TPSA) is 122 Å². The molecule has 3 aromatic rings. The molecule has 1 amide bonds. The lowest BCUT2D eigenvalue weighted by molar-refractivity contribution is -0.384. The van der Waals surface area contributed by atoms with Crippen LogP contribution in [-0.4, -0.2) is 32.2 Å². The van der Waals surface area contributed by atoms with E-state index in [1.807, 2.05) is 0 Å². The lowest BCUT2D eigenvalue weighted by Crippen LogP contribution is -2.28. The average molecular weight is 483 g/mol. The van der Waals surface area contributed by atoms with Crippen LogP contribution in [0.1, 0.15) is 16.9 Å². The van der Waals surface area contributed by atoms with Crippen molar-refractivity contribution in [3.8, 4) is 5.75 Å². The van der Waals surface area contributed by atoms with E-state index in [2.05, 4.69) is 10.2 Å². The molecule has 1 N–H and O–H groups in total. The number of rotatable bonds is 6. The van der Waals surface area contributed by atoms with Crippen LogP contribution in [0.2, 0.25) is 5.02 Å². The number of amides is 1. The summed E-state index contributed by atoms with van der Waals surface area (Å²) in [7, 11) is 0. The summed E-state index contributed by atoms with van der Waals surface area (Å²) >= 11 is 7.10. The fourth-order valence-electron chi connectivity index (χ4n) is 2.89. The number of thioether (sulfide) groups is 1. The number of halogens is 1. The summed E-state index contributed by atoms with van der Waals surface area (Å²) < 4.78 is 5.36. The monoisotopic (exact) mass is 482 g/mol. The molecule has 1 aliphatic rings. The first kappa shape index (κ1) is 22.3. The predicted molar refractivity (Wildman–Crippen MR) is 126 cm³/mol. The number of furan rings is 1. The van der Waals surface area contributed by atoms with E-state index >= 15 is 0 Å². The molecule has 4 rings (SSSR count). The molecule has 0 saturated carbocycles. The third kappa shape index (κ3) is 5.30. The van der Waals surface area contributed by atoms with Crippen LogP contribution in [0.15, 0.2) is 80.4 Å². The second-order valence-corrected chi connectivity index (χ2v) is 8.21. The number of non-ortho nitro benzene ring substituents is 1. The van der Waals surface area contributed by atoms with Gasteiger partial charge in [-0.2, -0.15) is 5.10 Å². The number of phenols is 1. The maximum atomic E-state index is 13.1. The van der Waals surface area contributed by atoms with Crippen LogP contribution in [0, 0.1) is 10.1 Å². The quantitative estimate of drug-likeness (QED) is 0.227.